The van der Waals surface area contributed by atoms with E-state index in [0.717, 1.165) is 41.3 Å². The Morgan fingerprint density at radius 3 is 2.36 bits per heavy atom. The van der Waals surface area contributed by atoms with Crippen molar-refractivity contribution < 1.29 is 43.3 Å². The first kappa shape index (κ1) is 56.9. The Hall–Kier alpha value is -4.72. The van der Waals surface area contributed by atoms with E-state index in [2.05, 4.69) is 25.9 Å². The first-order chi connectivity index (χ1) is 32.9. The molecule has 1 aliphatic heterocycles. The second-order valence-electron chi connectivity index (χ2n) is 18.7. The molecule has 16 nitrogen and oxygen atoms in total. The normalized spacial score (nSPS) is 16.7. The van der Waals surface area contributed by atoms with E-state index in [-0.39, 0.29) is 66.6 Å². The molecule has 4 rings (SSSR count). The Morgan fingerprint density at radius 1 is 0.986 bits per heavy atom. The fraction of sp³-hybridized carbons (Fsp3) is 0.600. The van der Waals surface area contributed by atoms with Crippen LogP contribution in [-0.2, 0) is 39.9 Å². The van der Waals surface area contributed by atoms with Gasteiger partial charge in [0.1, 0.15) is 27.5 Å². The molecule has 69 heavy (non-hydrogen) atoms. The molecule has 0 radical (unpaired) electrons. The van der Waals surface area contributed by atoms with Crippen LogP contribution in [0.2, 0.25) is 0 Å². The van der Waals surface area contributed by atoms with Crippen molar-refractivity contribution >= 4 is 68.5 Å². The number of amides is 4. The molecule has 0 bridgehead atoms. The number of nitrogens with one attached hydrogen (secondary N) is 3. The predicted octanol–water partition coefficient (Wildman–Crippen LogP) is 7.58. The highest BCUT2D eigenvalue weighted by Crippen LogP contribution is 2.32. The molecule has 1 saturated heterocycles. The van der Waals surface area contributed by atoms with Gasteiger partial charge in [0, 0.05) is 61.6 Å². The lowest BCUT2D eigenvalue weighted by atomic mass is 9.92. The Balaban J connectivity index is 1.56. The van der Waals surface area contributed by atoms with Gasteiger partial charge in [-0.05, 0) is 97.7 Å². The number of piperidine rings is 1. The number of phenolic OH excluding ortho intramolecular Hbond substituents is 1. The molecule has 7 atom stereocenters. The Kier molecular flexibility index (Phi) is 23.8. The fourth-order valence-electron chi connectivity index (χ4n) is 8.08. The number of carbonyl (C=O) groups excluding carboxylic acids is 6. The predicted molar refractivity (Wildman–Crippen MR) is 271 cm³/mol. The molecule has 380 valence electrons. The number of hydrogen-bond donors (Lipinski definition) is 4. The lowest BCUT2D eigenvalue weighted by Crippen LogP contribution is -2.59. The van der Waals surface area contributed by atoms with E-state index in [1.807, 2.05) is 78.6 Å². The zero-order valence-corrected chi connectivity index (χ0v) is 44.1. The highest BCUT2D eigenvalue weighted by atomic mass is 33.1. The second kappa shape index (κ2) is 28.8. The number of nitrogens with zero attached hydrogens (tertiary/aromatic N) is 4. The highest BCUT2D eigenvalue weighted by molar-refractivity contribution is 8.76. The topological polar surface area (TPSA) is 209 Å². The molecule has 1 aromatic carbocycles. The maximum Gasteiger partial charge on any atom is 0.307 e. The summed E-state index contributed by atoms with van der Waals surface area (Å²) in [5, 5.41) is 21.9. The summed E-state index contributed by atoms with van der Waals surface area (Å²) in [4.78, 5) is 94.3. The third-order valence-electron chi connectivity index (χ3n) is 12.1. The molecule has 0 spiro atoms. The number of benzene rings is 1. The molecule has 0 aliphatic carbocycles. The minimum atomic E-state index is -1.01. The van der Waals surface area contributed by atoms with Crippen molar-refractivity contribution in [3.63, 3.8) is 0 Å². The van der Waals surface area contributed by atoms with E-state index in [1.165, 1.54) is 22.6 Å². The Morgan fingerprint density at radius 2 is 1.72 bits per heavy atom. The lowest BCUT2D eigenvalue weighted by Gasteiger charge is -2.39. The van der Waals surface area contributed by atoms with Gasteiger partial charge in [0.05, 0.1) is 6.04 Å². The maximum atomic E-state index is 14.9. The summed E-state index contributed by atoms with van der Waals surface area (Å²) in [6.07, 6.45) is 4.73. The number of ether oxygens (including phenoxy) is 2. The second-order valence-corrected chi connectivity index (χ2v) is 22.0. The zero-order valence-electron chi connectivity index (χ0n) is 41.6. The molecule has 4 amide bonds. The van der Waals surface area contributed by atoms with Crippen molar-refractivity contribution in [3.05, 3.63) is 70.3 Å². The molecule has 3 heterocycles. The first-order valence-electron chi connectivity index (χ1n) is 24.0. The number of thiazole rings is 1. The third-order valence-corrected chi connectivity index (χ3v) is 15.3. The smallest absolute Gasteiger partial charge is 0.307 e. The van der Waals surface area contributed by atoms with Crippen LogP contribution in [0.1, 0.15) is 127 Å². The van der Waals surface area contributed by atoms with Crippen LogP contribution in [0.15, 0.2) is 59.1 Å². The summed E-state index contributed by atoms with van der Waals surface area (Å²) in [6, 6.07) is 9.86. The van der Waals surface area contributed by atoms with E-state index in [0.29, 0.717) is 43.0 Å². The van der Waals surface area contributed by atoms with Crippen molar-refractivity contribution in [3.8, 4) is 5.75 Å². The quantitative estimate of drug-likeness (QED) is 0.0251. The van der Waals surface area contributed by atoms with Gasteiger partial charge in [-0.2, -0.15) is 0 Å². The minimum absolute atomic E-state index is 0.0141. The van der Waals surface area contributed by atoms with Crippen LogP contribution in [-0.4, -0.2) is 117 Å². The number of likely N-dealkylation sites (N-methyl/N-ethyl adjacent to an activating group) is 1. The van der Waals surface area contributed by atoms with Gasteiger partial charge in [0.2, 0.25) is 17.7 Å². The number of hydrogen-bond acceptors (Lipinski definition) is 15. The maximum absolute atomic E-state index is 14.9. The number of esters is 2. The number of pyridine rings is 1. The standard InChI is InChI=1S/C50H73N7O9S3/c1-10-33(6)45(55-48(63)40-15-12-14-23-56(40)9)50(64)57(30-65-44(60)25-31(2)3)41(32(4)5)28-42(66-35(8)58)49-54-39(29-67-49)47(62)53-37(27-36-17-19-38(59)20-18-36)26-34(7)46(61)52-22-24-68-69-43-16-11-13-21-51-43/h11,13,16-21,29,31-34,37,40-42,45,59H,10,12,14-15,22-28,30H2,1-9H3,(H,52,61)(H,53,62)(H,55,63)/t33?,34-,37+,40+,41?,42+,45-/m0/s1. The van der Waals surface area contributed by atoms with Crippen LogP contribution in [0.4, 0.5) is 0 Å². The van der Waals surface area contributed by atoms with Gasteiger partial charge in [-0.25, -0.2) is 9.97 Å². The van der Waals surface area contributed by atoms with Gasteiger partial charge in [-0.15, -0.1) is 11.3 Å². The summed E-state index contributed by atoms with van der Waals surface area (Å²) >= 11 is 1.13. The Labute approximate surface area is 420 Å². The molecule has 2 aromatic heterocycles. The van der Waals surface area contributed by atoms with Gasteiger partial charge < -0.3 is 35.4 Å². The van der Waals surface area contributed by atoms with E-state index in [4.69, 9.17) is 9.47 Å². The first-order valence-corrected chi connectivity index (χ1v) is 27.2. The summed E-state index contributed by atoms with van der Waals surface area (Å²) in [5.74, 6) is -2.60. The monoisotopic (exact) mass is 1010 g/mol. The van der Waals surface area contributed by atoms with E-state index in [9.17, 15) is 33.9 Å². The number of carbonyl (C=O) groups is 6. The fourth-order valence-corrected chi connectivity index (χ4v) is 10.7. The number of likely N-dealkylation sites (tertiary alicyclic amines) is 1. The number of phenols is 1. The average Bonchev–Trinajstić information content (AvgIpc) is 3.81. The van der Waals surface area contributed by atoms with E-state index in [1.54, 1.807) is 46.6 Å². The lowest BCUT2D eigenvalue weighted by molar-refractivity contribution is -0.161. The highest BCUT2D eigenvalue weighted by Gasteiger charge is 2.39. The van der Waals surface area contributed by atoms with Crippen molar-refractivity contribution in [2.45, 2.75) is 142 Å². The molecule has 1 fully saturated rings. The van der Waals surface area contributed by atoms with Crippen LogP contribution < -0.4 is 16.0 Å². The van der Waals surface area contributed by atoms with Crippen LogP contribution in [0.5, 0.6) is 5.75 Å². The summed E-state index contributed by atoms with van der Waals surface area (Å²) in [7, 11) is 5.04. The third kappa shape index (κ3) is 18.8. The minimum Gasteiger partial charge on any atom is -0.508 e. The summed E-state index contributed by atoms with van der Waals surface area (Å²) in [5.41, 5.74) is 0.916. The summed E-state index contributed by atoms with van der Waals surface area (Å²) < 4.78 is 11.7. The molecule has 3 aromatic rings. The van der Waals surface area contributed by atoms with Gasteiger partial charge >= 0.3 is 11.9 Å². The van der Waals surface area contributed by atoms with Gasteiger partial charge in [-0.1, -0.05) is 90.3 Å². The molecule has 19 heteroatoms. The van der Waals surface area contributed by atoms with Gasteiger partial charge in [-0.3, -0.25) is 33.7 Å². The number of aromatic hydroxyl groups is 1. The van der Waals surface area contributed by atoms with Crippen molar-refractivity contribution in [2.24, 2.45) is 23.7 Å². The van der Waals surface area contributed by atoms with Crippen LogP contribution in [0.25, 0.3) is 0 Å². The van der Waals surface area contributed by atoms with Gasteiger partial charge in [0.25, 0.3) is 5.91 Å². The molecule has 2 unspecified atom stereocenters. The molecular weight excluding hydrogens is 939 g/mol. The van der Waals surface area contributed by atoms with E-state index >= 15 is 0 Å². The SMILES string of the molecule is CCC(C)[C@H](NC(=O)[C@H]1CCCCN1C)C(=O)N(COC(=O)CC(C)C)C(C[C@@H](OC(C)=O)c1nc(C(=O)N[C@@H](Cc2ccc(O)cc2)C[C@H](C)C(=O)NCCSSc2ccccn2)cs1)C(C)C. The van der Waals surface area contributed by atoms with Crippen molar-refractivity contribution in [1.82, 2.24) is 35.7 Å². The molecular formula is C50H73N7O9S3. The van der Waals surface area contributed by atoms with Crippen LogP contribution >= 0.6 is 32.9 Å². The van der Waals surface area contributed by atoms with E-state index < -0.39 is 53.9 Å². The Bertz CT molecular complexity index is 2110. The average molecular weight is 1010 g/mol. The molecule has 4 N–H and O–H groups in total. The van der Waals surface area contributed by atoms with Crippen LogP contribution in [0, 0.1) is 23.7 Å². The largest absolute Gasteiger partial charge is 0.508 e. The number of aromatic nitrogens is 2. The van der Waals surface area contributed by atoms with Crippen molar-refractivity contribution in [1.29, 1.82) is 0 Å². The van der Waals surface area contributed by atoms with Crippen molar-refractivity contribution in [2.75, 3.05) is 32.6 Å². The summed E-state index contributed by atoms with van der Waals surface area (Å²) in [6.45, 7) is 15.4. The van der Waals surface area contributed by atoms with Crippen LogP contribution in [0.3, 0.4) is 0 Å². The zero-order chi connectivity index (χ0) is 50.6. The van der Waals surface area contributed by atoms with Gasteiger partial charge in [0.15, 0.2) is 12.8 Å². The molecule has 0 saturated carbocycles. The molecule has 1 aliphatic rings. The number of rotatable bonds is 27.